The van der Waals surface area contributed by atoms with Gasteiger partial charge in [-0.25, -0.2) is 9.59 Å². The number of benzene rings is 2. The smallest absolute Gasteiger partial charge is 0.320 e. The average molecular weight is 741 g/mol. The zero-order chi connectivity index (χ0) is 38.6. The molecule has 0 radical (unpaired) electrons. The molecule has 54 heavy (non-hydrogen) atoms. The average Bonchev–Trinajstić information content (AvgIpc) is 3.16. The summed E-state index contributed by atoms with van der Waals surface area (Å²) in [5.41, 5.74) is 3.21. The summed E-state index contributed by atoms with van der Waals surface area (Å²) in [4.78, 5) is 53.8. The van der Waals surface area contributed by atoms with Gasteiger partial charge >= 0.3 is 11.4 Å². The molecule has 3 heterocycles. The summed E-state index contributed by atoms with van der Waals surface area (Å²) in [6.07, 6.45) is 6.82. The van der Waals surface area contributed by atoms with E-state index in [0.29, 0.717) is 26.2 Å². The number of fused-ring (bicyclic) bond motifs is 4. The van der Waals surface area contributed by atoms with Crippen LogP contribution in [0.1, 0.15) is 87.7 Å². The van der Waals surface area contributed by atoms with E-state index in [1.807, 2.05) is 26.0 Å². The van der Waals surface area contributed by atoms with Gasteiger partial charge in [-0.15, -0.1) is 0 Å². The van der Waals surface area contributed by atoms with Gasteiger partial charge in [-0.1, -0.05) is 60.7 Å². The Labute approximate surface area is 321 Å². The van der Waals surface area contributed by atoms with Crippen molar-refractivity contribution >= 4 is 0 Å². The second-order valence-corrected chi connectivity index (χ2v) is 15.7. The molecule has 5 rings (SSSR count). The highest BCUT2D eigenvalue weighted by Gasteiger charge is 2.27. The van der Waals surface area contributed by atoms with Crippen LogP contribution in [-0.2, 0) is 39.3 Å². The summed E-state index contributed by atoms with van der Waals surface area (Å²) in [6.45, 7) is 17.7. The van der Waals surface area contributed by atoms with Crippen molar-refractivity contribution in [3.05, 3.63) is 137 Å². The second kappa shape index (κ2) is 19.4. The fraction of sp³-hybridized carbons (Fsp3) is 0.545. The molecule has 0 N–H and O–H groups in total. The van der Waals surface area contributed by atoms with E-state index in [1.165, 1.54) is 20.3 Å². The zero-order valence-electron chi connectivity index (χ0n) is 33.4. The van der Waals surface area contributed by atoms with Crippen LogP contribution in [0.15, 0.2) is 92.0 Å². The van der Waals surface area contributed by atoms with Crippen LogP contribution >= 0.6 is 0 Å². The SMILES string of the molecule is CC[N+]1(Cc2ccccc2)CCCCn2c(C)cc(=O)n(c2=O)CCCC[N+](CC)(Cc2ccccc2)CCCCn2c(C)cc(=O)n(c2=O)CCCC1. The Bertz CT molecular complexity index is 1890. The summed E-state index contributed by atoms with van der Waals surface area (Å²) >= 11 is 0. The molecular weight excluding hydrogens is 677 g/mol. The maximum Gasteiger partial charge on any atom is 0.331 e. The first kappa shape index (κ1) is 40.9. The zero-order valence-corrected chi connectivity index (χ0v) is 33.4. The summed E-state index contributed by atoms with van der Waals surface area (Å²) in [6, 6.07) is 24.5. The predicted octanol–water partition coefficient (Wildman–Crippen LogP) is 5.86. The van der Waals surface area contributed by atoms with E-state index in [9.17, 15) is 19.2 Å². The largest absolute Gasteiger partial charge is 0.331 e. The Kier molecular flexibility index (Phi) is 14.7. The third-order valence-electron chi connectivity index (χ3n) is 12.1. The number of rotatable bonds is 6. The number of nitrogens with zero attached hydrogens (tertiary/aromatic N) is 6. The van der Waals surface area contributed by atoms with Crippen LogP contribution in [0, 0.1) is 13.8 Å². The van der Waals surface area contributed by atoms with Crippen LogP contribution < -0.4 is 22.5 Å². The predicted molar refractivity (Wildman–Crippen MR) is 218 cm³/mol. The van der Waals surface area contributed by atoms with Gasteiger partial charge in [0.15, 0.2) is 0 Å². The number of quaternary nitrogens is 2. The van der Waals surface area contributed by atoms with Gasteiger partial charge in [-0.2, -0.15) is 0 Å². The minimum absolute atomic E-state index is 0.195. The van der Waals surface area contributed by atoms with Crippen molar-refractivity contribution in [3.63, 3.8) is 0 Å². The topological polar surface area (TPSA) is 88.0 Å². The number of aromatic nitrogens is 4. The van der Waals surface area contributed by atoms with Crippen molar-refractivity contribution in [3.8, 4) is 0 Å². The van der Waals surface area contributed by atoms with Crippen LogP contribution in [-0.4, -0.2) is 66.5 Å². The summed E-state index contributed by atoms with van der Waals surface area (Å²) in [5.74, 6) is 0. The number of hydrogen-bond acceptors (Lipinski definition) is 4. The third-order valence-corrected chi connectivity index (χ3v) is 12.1. The van der Waals surface area contributed by atoms with Gasteiger partial charge in [-0.3, -0.25) is 27.9 Å². The van der Waals surface area contributed by atoms with Gasteiger partial charge in [0.1, 0.15) is 13.1 Å². The molecule has 2 atom stereocenters. The van der Waals surface area contributed by atoms with E-state index in [-0.39, 0.29) is 22.5 Å². The molecule has 10 heteroatoms. The van der Waals surface area contributed by atoms with E-state index < -0.39 is 0 Å². The highest BCUT2D eigenvalue weighted by molar-refractivity contribution is 5.14. The van der Waals surface area contributed by atoms with Crippen molar-refractivity contribution in [2.75, 3.05) is 39.3 Å². The first-order chi connectivity index (χ1) is 26.1. The lowest BCUT2D eigenvalue weighted by Crippen LogP contribution is -2.49. The molecule has 2 aromatic heterocycles. The molecule has 292 valence electrons. The molecule has 0 amide bonds. The number of aryl methyl sites for hydroxylation is 2. The Morgan fingerprint density at radius 3 is 1.09 bits per heavy atom. The molecule has 2 unspecified atom stereocenters. The van der Waals surface area contributed by atoms with Gasteiger partial charge in [0.05, 0.1) is 39.3 Å². The van der Waals surface area contributed by atoms with Gasteiger partial charge in [0.25, 0.3) is 11.1 Å². The second-order valence-electron chi connectivity index (χ2n) is 15.7. The van der Waals surface area contributed by atoms with Crippen molar-refractivity contribution in [2.24, 2.45) is 0 Å². The van der Waals surface area contributed by atoms with Crippen molar-refractivity contribution in [2.45, 2.75) is 118 Å². The van der Waals surface area contributed by atoms with Gasteiger partial charge in [0.2, 0.25) is 0 Å². The molecule has 4 bridgehead atoms. The lowest BCUT2D eigenvalue weighted by atomic mass is 10.1. The molecule has 0 spiro atoms. The Balaban J connectivity index is 1.42. The summed E-state index contributed by atoms with van der Waals surface area (Å²) in [5, 5.41) is 0. The normalized spacial score (nSPS) is 21.3. The highest BCUT2D eigenvalue weighted by Crippen LogP contribution is 2.20. The van der Waals surface area contributed by atoms with E-state index in [2.05, 4.69) is 62.4 Å². The fourth-order valence-electron chi connectivity index (χ4n) is 8.61. The van der Waals surface area contributed by atoms with E-state index in [1.54, 1.807) is 21.3 Å². The molecule has 0 saturated heterocycles. The molecular formula is C44H64N6O4+2. The van der Waals surface area contributed by atoms with Crippen LogP contribution in [0.5, 0.6) is 0 Å². The monoisotopic (exact) mass is 740 g/mol. The molecule has 0 fully saturated rings. The van der Waals surface area contributed by atoms with Crippen molar-refractivity contribution in [1.82, 2.24) is 18.3 Å². The molecule has 2 aromatic carbocycles. The summed E-state index contributed by atoms with van der Waals surface area (Å²) < 4.78 is 8.28. The van der Waals surface area contributed by atoms with E-state index in [0.717, 1.165) is 124 Å². The summed E-state index contributed by atoms with van der Waals surface area (Å²) in [7, 11) is 0. The quantitative estimate of drug-likeness (QED) is 0.232. The first-order valence-corrected chi connectivity index (χ1v) is 20.5. The van der Waals surface area contributed by atoms with E-state index in [4.69, 9.17) is 0 Å². The maximum absolute atomic E-state index is 13.8. The van der Waals surface area contributed by atoms with Crippen LogP contribution in [0.3, 0.4) is 0 Å². The molecule has 1 aliphatic rings. The Hall–Kier alpha value is -4.28. The molecule has 4 aromatic rings. The Morgan fingerprint density at radius 2 is 0.778 bits per heavy atom. The third kappa shape index (κ3) is 10.5. The minimum atomic E-state index is -0.211. The van der Waals surface area contributed by atoms with Gasteiger partial charge in [0, 0.05) is 60.8 Å². The van der Waals surface area contributed by atoms with Gasteiger partial charge < -0.3 is 8.97 Å². The molecule has 0 saturated carbocycles. The van der Waals surface area contributed by atoms with Crippen LogP contribution in [0.4, 0.5) is 0 Å². The van der Waals surface area contributed by atoms with E-state index >= 15 is 0 Å². The molecule has 0 aliphatic carbocycles. The van der Waals surface area contributed by atoms with Crippen LogP contribution in [0.2, 0.25) is 0 Å². The van der Waals surface area contributed by atoms with Crippen molar-refractivity contribution in [1.29, 1.82) is 0 Å². The van der Waals surface area contributed by atoms with Gasteiger partial charge in [-0.05, 0) is 79.1 Å². The fourth-order valence-corrected chi connectivity index (χ4v) is 8.61. The molecule has 1 aliphatic heterocycles. The lowest BCUT2D eigenvalue weighted by Gasteiger charge is -2.38. The number of hydrogen-bond donors (Lipinski definition) is 0. The lowest BCUT2D eigenvalue weighted by molar-refractivity contribution is -0.939. The minimum Gasteiger partial charge on any atom is -0.320 e. The first-order valence-electron chi connectivity index (χ1n) is 20.5. The molecule has 10 nitrogen and oxygen atoms in total. The van der Waals surface area contributed by atoms with Crippen molar-refractivity contribution < 1.29 is 8.97 Å². The Morgan fingerprint density at radius 1 is 0.463 bits per heavy atom. The van der Waals surface area contributed by atoms with Crippen LogP contribution in [0.25, 0.3) is 0 Å². The maximum atomic E-state index is 13.8. The standard InChI is InChI=1S/C44H64N6O4/c1-5-49(35-39-21-9-7-10-22-39)29-17-13-25-45-37(3)33-42(52)48(43(45)53)28-16-20-32-50(6-2,36-40-23-11-8-12-24-40)30-18-14-26-46-38(4)34-41(51)47(44(46)54)27-15-19-31-49/h7-12,21-24,33-34H,5-6,13-20,25-32,35-36H2,1-4H3/q+2. The highest BCUT2D eigenvalue weighted by atomic mass is 16.2.